The molecule has 0 bridgehead atoms. The summed E-state index contributed by atoms with van der Waals surface area (Å²) in [6.07, 6.45) is 1.79. The Kier molecular flexibility index (Phi) is 5.60. The van der Waals surface area contributed by atoms with Crippen molar-refractivity contribution in [3.8, 4) is 0 Å². The van der Waals surface area contributed by atoms with E-state index in [-0.39, 0.29) is 11.8 Å². The zero-order valence-electron chi connectivity index (χ0n) is 8.96. The van der Waals surface area contributed by atoms with E-state index in [1.54, 1.807) is 7.05 Å². The van der Waals surface area contributed by atoms with E-state index in [1.807, 2.05) is 13.8 Å². The first-order valence-corrected chi connectivity index (χ1v) is 4.65. The maximum atomic E-state index is 11.3. The molecule has 14 heavy (non-hydrogen) atoms. The average Bonchev–Trinajstić information content (AvgIpc) is 2.14. The number of hydrogen-bond donors (Lipinski definition) is 2. The number of amides is 2. The van der Waals surface area contributed by atoms with Gasteiger partial charge in [-0.25, -0.2) is 0 Å². The van der Waals surface area contributed by atoms with Gasteiger partial charge in [0.2, 0.25) is 11.8 Å². The van der Waals surface area contributed by atoms with Gasteiger partial charge in [0.1, 0.15) is 6.04 Å². The van der Waals surface area contributed by atoms with E-state index in [2.05, 4.69) is 17.2 Å². The lowest BCUT2D eigenvalue weighted by molar-refractivity contribution is -0.127. The summed E-state index contributed by atoms with van der Waals surface area (Å²) in [4.78, 5) is 22.4. The predicted molar refractivity (Wildman–Crippen MR) is 55.6 cm³/mol. The molecule has 0 aromatic carbocycles. The normalized spacial score (nSPS) is 12.0. The monoisotopic (exact) mass is 198 g/mol. The number of likely N-dealkylation sites (N-methyl/N-ethyl adjacent to an activating group) is 1. The van der Waals surface area contributed by atoms with Crippen molar-refractivity contribution in [2.24, 2.45) is 5.92 Å². The second kappa shape index (κ2) is 6.18. The largest absolute Gasteiger partial charge is 0.357 e. The Labute approximate surface area is 84.8 Å². The highest BCUT2D eigenvalue weighted by Crippen LogP contribution is 2.04. The third-order valence-electron chi connectivity index (χ3n) is 1.77. The molecule has 2 N–H and O–H groups in total. The van der Waals surface area contributed by atoms with Crippen LogP contribution < -0.4 is 10.6 Å². The number of carbonyl (C=O) groups is 2. The lowest BCUT2D eigenvalue weighted by Gasteiger charge is -2.17. The standard InChI is InChI=1S/C10H18N2O2/c1-5-9(13)12-8(6-7(2)3)10(14)11-4/h5,7-8H,1,6H2,2-4H3,(H,11,14)(H,12,13). The van der Waals surface area contributed by atoms with E-state index in [9.17, 15) is 9.59 Å². The van der Waals surface area contributed by atoms with Gasteiger partial charge in [0.25, 0.3) is 0 Å². The average molecular weight is 198 g/mol. The molecule has 0 aromatic heterocycles. The molecule has 0 aromatic rings. The number of nitrogens with one attached hydrogen (secondary N) is 2. The summed E-state index contributed by atoms with van der Waals surface area (Å²) in [6.45, 7) is 7.33. The molecule has 0 aliphatic heterocycles. The van der Waals surface area contributed by atoms with E-state index in [0.29, 0.717) is 12.3 Å². The Bertz CT molecular complexity index is 224. The number of rotatable bonds is 5. The zero-order chi connectivity index (χ0) is 11.1. The van der Waals surface area contributed by atoms with Gasteiger partial charge >= 0.3 is 0 Å². The molecule has 4 heteroatoms. The summed E-state index contributed by atoms with van der Waals surface area (Å²) in [7, 11) is 1.55. The van der Waals surface area contributed by atoms with Crippen LogP contribution in [0, 0.1) is 5.92 Å². The highest BCUT2D eigenvalue weighted by molar-refractivity contribution is 5.92. The lowest BCUT2D eigenvalue weighted by atomic mass is 10.0. The van der Waals surface area contributed by atoms with Crippen LogP contribution >= 0.6 is 0 Å². The van der Waals surface area contributed by atoms with Crippen LogP contribution in [0.3, 0.4) is 0 Å². The fourth-order valence-electron chi connectivity index (χ4n) is 1.11. The molecule has 0 rings (SSSR count). The van der Waals surface area contributed by atoms with Gasteiger partial charge in [0.15, 0.2) is 0 Å². The summed E-state index contributed by atoms with van der Waals surface area (Å²) in [6, 6.07) is -0.467. The fourth-order valence-corrected chi connectivity index (χ4v) is 1.11. The molecule has 4 nitrogen and oxygen atoms in total. The molecule has 0 heterocycles. The van der Waals surface area contributed by atoms with Gasteiger partial charge in [0.05, 0.1) is 0 Å². The maximum absolute atomic E-state index is 11.3. The Morgan fingerprint density at radius 1 is 1.43 bits per heavy atom. The van der Waals surface area contributed by atoms with Crippen LogP contribution in [0.4, 0.5) is 0 Å². The van der Waals surface area contributed by atoms with Crippen molar-refractivity contribution in [3.05, 3.63) is 12.7 Å². The molecule has 0 saturated carbocycles. The van der Waals surface area contributed by atoms with Crippen molar-refractivity contribution in [3.63, 3.8) is 0 Å². The van der Waals surface area contributed by atoms with Crippen molar-refractivity contribution < 1.29 is 9.59 Å². The van der Waals surface area contributed by atoms with Crippen LogP contribution in [-0.2, 0) is 9.59 Å². The van der Waals surface area contributed by atoms with E-state index >= 15 is 0 Å². The number of carbonyl (C=O) groups excluding carboxylic acids is 2. The highest BCUT2D eigenvalue weighted by atomic mass is 16.2. The van der Waals surface area contributed by atoms with E-state index in [4.69, 9.17) is 0 Å². The smallest absolute Gasteiger partial charge is 0.244 e. The molecule has 0 fully saturated rings. The summed E-state index contributed by atoms with van der Waals surface area (Å²) >= 11 is 0. The third-order valence-corrected chi connectivity index (χ3v) is 1.77. The van der Waals surface area contributed by atoms with Crippen molar-refractivity contribution in [2.45, 2.75) is 26.3 Å². The molecule has 2 amide bonds. The summed E-state index contributed by atoms with van der Waals surface area (Å²) in [5.74, 6) is -0.143. The fraction of sp³-hybridized carbons (Fsp3) is 0.600. The van der Waals surface area contributed by atoms with Crippen molar-refractivity contribution in [2.75, 3.05) is 7.05 Å². The Balaban J connectivity index is 4.31. The van der Waals surface area contributed by atoms with Crippen LogP contribution in [0.1, 0.15) is 20.3 Å². The summed E-state index contributed by atoms with van der Waals surface area (Å²) < 4.78 is 0. The summed E-state index contributed by atoms with van der Waals surface area (Å²) in [5, 5.41) is 5.09. The quantitative estimate of drug-likeness (QED) is 0.630. The van der Waals surface area contributed by atoms with Gasteiger partial charge in [-0.1, -0.05) is 20.4 Å². The van der Waals surface area contributed by atoms with Gasteiger partial charge in [-0.15, -0.1) is 0 Å². The minimum Gasteiger partial charge on any atom is -0.357 e. The molecule has 0 saturated heterocycles. The molecule has 0 radical (unpaired) electrons. The van der Waals surface area contributed by atoms with E-state index < -0.39 is 6.04 Å². The third kappa shape index (κ3) is 4.64. The Morgan fingerprint density at radius 3 is 2.36 bits per heavy atom. The molecule has 80 valence electrons. The van der Waals surface area contributed by atoms with Crippen LogP contribution in [0.15, 0.2) is 12.7 Å². The lowest BCUT2D eigenvalue weighted by Crippen LogP contribution is -2.45. The van der Waals surface area contributed by atoms with Gasteiger partial charge in [0, 0.05) is 7.05 Å². The maximum Gasteiger partial charge on any atom is 0.244 e. The van der Waals surface area contributed by atoms with Gasteiger partial charge in [-0.05, 0) is 18.4 Å². The van der Waals surface area contributed by atoms with Crippen LogP contribution in [-0.4, -0.2) is 24.9 Å². The highest BCUT2D eigenvalue weighted by Gasteiger charge is 2.19. The molecule has 0 spiro atoms. The van der Waals surface area contributed by atoms with Crippen molar-refractivity contribution in [1.82, 2.24) is 10.6 Å². The SMILES string of the molecule is C=CC(=O)NC(CC(C)C)C(=O)NC. The molecule has 0 aliphatic carbocycles. The first-order valence-electron chi connectivity index (χ1n) is 4.65. The van der Waals surface area contributed by atoms with Crippen molar-refractivity contribution in [1.29, 1.82) is 0 Å². The predicted octanol–water partition coefficient (Wildman–Crippen LogP) is 0.449. The molecular weight excluding hydrogens is 180 g/mol. The molecule has 1 atom stereocenters. The second-order valence-electron chi connectivity index (χ2n) is 3.51. The second-order valence-corrected chi connectivity index (χ2v) is 3.51. The van der Waals surface area contributed by atoms with Crippen LogP contribution in [0.2, 0.25) is 0 Å². The van der Waals surface area contributed by atoms with Crippen molar-refractivity contribution >= 4 is 11.8 Å². The van der Waals surface area contributed by atoms with Crippen LogP contribution in [0.5, 0.6) is 0 Å². The molecule has 1 unspecified atom stereocenters. The Hall–Kier alpha value is -1.32. The minimum atomic E-state index is -0.467. The molecule has 0 aliphatic rings. The van der Waals surface area contributed by atoms with Gasteiger partial charge in [-0.2, -0.15) is 0 Å². The van der Waals surface area contributed by atoms with E-state index in [0.717, 1.165) is 6.08 Å². The minimum absolute atomic E-state index is 0.172. The topological polar surface area (TPSA) is 58.2 Å². The first kappa shape index (κ1) is 12.7. The van der Waals surface area contributed by atoms with Gasteiger partial charge in [-0.3, -0.25) is 9.59 Å². The van der Waals surface area contributed by atoms with Crippen LogP contribution in [0.25, 0.3) is 0 Å². The van der Waals surface area contributed by atoms with Gasteiger partial charge < -0.3 is 10.6 Å². The Morgan fingerprint density at radius 2 is 2.00 bits per heavy atom. The number of hydrogen-bond acceptors (Lipinski definition) is 2. The summed E-state index contributed by atoms with van der Waals surface area (Å²) in [5.41, 5.74) is 0. The van der Waals surface area contributed by atoms with E-state index in [1.165, 1.54) is 0 Å². The first-order chi connectivity index (χ1) is 6.51. The zero-order valence-corrected chi connectivity index (χ0v) is 8.96. The molecular formula is C10H18N2O2.